The summed E-state index contributed by atoms with van der Waals surface area (Å²) >= 11 is 0. The Balaban J connectivity index is 2.42. The van der Waals surface area contributed by atoms with Gasteiger partial charge in [-0.15, -0.1) is 0 Å². The van der Waals surface area contributed by atoms with Crippen molar-refractivity contribution in [3.8, 4) is 0 Å². The first-order chi connectivity index (χ1) is 5.79. The fourth-order valence-electron chi connectivity index (χ4n) is 1.57. The van der Waals surface area contributed by atoms with Crippen LogP contribution in [0.15, 0.2) is 18.3 Å². The van der Waals surface area contributed by atoms with Crippen molar-refractivity contribution in [3.05, 3.63) is 29.6 Å². The minimum absolute atomic E-state index is 0.625. The summed E-state index contributed by atoms with van der Waals surface area (Å²) in [6, 6.07) is 3.79. The van der Waals surface area contributed by atoms with Crippen molar-refractivity contribution >= 4 is 0 Å². The number of hydrogen-bond acceptors (Lipinski definition) is 3. The Bertz CT molecular complexity index is 288. The minimum Gasteiger partial charge on any atom is -0.390 e. The van der Waals surface area contributed by atoms with Crippen LogP contribution in [0.1, 0.15) is 23.8 Å². The Morgan fingerprint density at radius 1 is 1.42 bits per heavy atom. The van der Waals surface area contributed by atoms with Gasteiger partial charge in [0.15, 0.2) is 0 Å². The maximum Gasteiger partial charge on any atom is 0.122 e. The number of aliphatic hydroxyl groups excluding tert-OH is 2. The lowest BCUT2D eigenvalue weighted by molar-refractivity contribution is 0.00368. The van der Waals surface area contributed by atoms with E-state index in [1.165, 1.54) is 0 Å². The Labute approximate surface area is 70.7 Å². The molecule has 3 heteroatoms. The number of aromatic nitrogens is 1. The predicted molar refractivity (Wildman–Crippen MR) is 43.5 cm³/mol. The van der Waals surface area contributed by atoms with Crippen LogP contribution in [0.4, 0.5) is 0 Å². The summed E-state index contributed by atoms with van der Waals surface area (Å²) in [4.78, 5) is 4.04. The molecule has 0 bridgehead atoms. The van der Waals surface area contributed by atoms with Gasteiger partial charge in [-0.3, -0.25) is 4.98 Å². The van der Waals surface area contributed by atoms with Crippen molar-refractivity contribution in [3.63, 3.8) is 0 Å². The van der Waals surface area contributed by atoms with Gasteiger partial charge in [-0.25, -0.2) is 0 Å². The lowest BCUT2D eigenvalue weighted by Crippen LogP contribution is -2.25. The first-order valence-corrected chi connectivity index (χ1v) is 4.09. The molecule has 0 aliphatic heterocycles. The Morgan fingerprint density at radius 3 is 3.08 bits per heavy atom. The first-order valence-electron chi connectivity index (χ1n) is 4.09. The fourth-order valence-corrected chi connectivity index (χ4v) is 1.57. The van der Waals surface area contributed by atoms with Crippen LogP contribution >= 0.6 is 0 Å². The quantitative estimate of drug-likeness (QED) is 0.586. The molecular formula is C9H11NO2. The van der Waals surface area contributed by atoms with Crippen LogP contribution in [0.2, 0.25) is 0 Å². The van der Waals surface area contributed by atoms with Crippen molar-refractivity contribution in [2.45, 2.75) is 25.0 Å². The van der Waals surface area contributed by atoms with Crippen LogP contribution in [-0.2, 0) is 6.42 Å². The van der Waals surface area contributed by atoms with E-state index in [0.29, 0.717) is 12.1 Å². The van der Waals surface area contributed by atoms with Gasteiger partial charge < -0.3 is 10.2 Å². The molecule has 0 saturated heterocycles. The Morgan fingerprint density at radius 2 is 2.25 bits per heavy atom. The lowest BCUT2D eigenvalue weighted by atomic mass is 9.92. The molecule has 2 atom stereocenters. The molecule has 64 valence electrons. The van der Waals surface area contributed by atoms with Gasteiger partial charge in [0.05, 0.1) is 11.8 Å². The van der Waals surface area contributed by atoms with E-state index in [-0.39, 0.29) is 0 Å². The third-order valence-corrected chi connectivity index (χ3v) is 2.28. The second kappa shape index (κ2) is 2.84. The second-order valence-corrected chi connectivity index (χ2v) is 3.10. The molecule has 1 heterocycles. The molecular weight excluding hydrogens is 154 g/mol. The SMILES string of the molecule is O[C@H]1CCc2cccnc2[C@@H]1O. The van der Waals surface area contributed by atoms with E-state index in [2.05, 4.69) is 4.98 Å². The number of rotatable bonds is 0. The largest absolute Gasteiger partial charge is 0.390 e. The van der Waals surface area contributed by atoms with Crippen LogP contribution in [-0.4, -0.2) is 21.3 Å². The standard InChI is InChI=1S/C9H11NO2/c11-7-4-3-6-2-1-5-10-8(6)9(7)12/h1-2,5,7,9,11-12H,3-4H2/t7-,9+/m0/s1. The van der Waals surface area contributed by atoms with E-state index >= 15 is 0 Å². The molecule has 1 aliphatic carbocycles. The monoisotopic (exact) mass is 165 g/mol. The zero-order valence-corrected chi connectivity index (χ0v) is 6.64. The zero-order chi connectivity index (χ0) is 8.55. The molecule has 0 aromatic carbocycles. The summed E-state index contributed by atoms with van der Waals surface area (Å²) in [5, 5.41) is 18.9. The Kier molecular flexibility index (Phi) is 1.83. The molecule has 12 heavy (non-hydrogen) atoms. The highest BCUT2D eigenvalue weighted by Crippen LogP contribution is 2.27. The minimum atomic E-state index is -0.796. The predicted octanol–water partition coefficient (Wildman–Crippen LogP) is 0.422. The van der Waals surface area contributed by atoms with Crippen molar-refractivity contribution in [2.24, 2.45) is 0 Å². The highest BCUT2D eigenvalue weighted by molar-refractivity contribution is 5.25. The number of aryl methyl sites for hydroxylation is 1. The lowest BCUT2D eigenvalue weighted by Gasteiger charge is -2.24. The van der Waals surface area contributed by atoms with Gasteiger partial charge in [-0.2, -0.15) is 0 Å². The average Bonchev–Trinajstić information content (AvgIpc) is 2.12. The maximum atomic E-state index is 9.52. The molecule has 0 saturated carbocycles. The van der Waals surface area contributed by atoms with Gasteiger partial charge in [-0.1, -0.05) is 6.07 Å². The van der Waals surface area contributed by atoms with E-state index in [0.717, 1.165) is 12.0 Å². The normalized spacial score (nSPS) is 28.2. The van der Waals surface area contributed by atoms with E-state index in [1.807, 2.05) is 12.1 Å². The molecule has 0 radical (unpaired) electrons. The van der Waals surface area contributed by atoms with Crippen molar-refractivity contribution in [1.82, 2.24) is 4.98 Å². The molecule has 1 aliphatic rings. The summed E-state index contributed by atoms with van der Waals surface area (Å²) < 4.78 is 0. The van der Waals surface area contributed by atoms with Crippen molar-refractivity contribution in [1.29, 1.82) is 0 Å². The molecule has 2 rings (SSSR count). The summed E-state index contributed by atoms with van der Waals surface area (Å²) in [6.07, 6.45) is 1.63. The van der Waals surface area contributed by atoms with Crippen LogP contribution in [0, 0.1) is 0 Å². The fraction of sp³-hybridized carbons (Fsp3) is 0.444. The number of nitrogens with zero attached hydrogens (tertiary/aromatic N) is 1. The molecule has 0 fully saturated rings. The number of hydrogen-bond donors (Lipinski definition) is 2. The third kappa shape index (κ3) is 1.11. The number of fused-ring (bicyclic) bond motifs is 1. The van der Waals surface area contributed by atoms with Gasteiger partial charge in [0.2, 0.25) is 0 Å². The van der Waals surface area contributed by atoms with Crippen molar-refractivity contribution in [2.75, 3.05) is 0 Å². The highest BCUT2D eigenvalue weighted by Gasteiger charge is 2.26. The van der Waals surface area contributed by atoms with Gasteiger partial charge in [0.25, 0.3) is 0 Å². The van der Waals surface area contributed by atoms with E-state index in [9.17, 15) is 10.2 Å². The van der Waals surface area contributed by atoms with E-state index in [1.54, 1.807) is 6.20 Å². The first kappa shape index (κ1) is 7.71. The van der Waals surface area contributed by atoms with Crippen molar-refractivity contribution < 1.29 is 10.2 Å². The van der Waals surface area contributed by atoms with Gasteiger partial charge in [-0.05, 0) is 24.5 Å². The molecule has 1 aromatic rings. The van der Waals surface area contributed by atoms with Gasteiger partial charge in [0, 0.05) is 6.20 Å². The topological polar surface area (TPSA) is 53.4 Å². The molecule has 2 N–H and O–H groups in total. The second-order valence-electron chi connectivity index (χ2n) is 3.10. The van der Waals surface area contributed by atoms with Crippen LogP contribution in [0.3, 0.4) is 0 Å². The number of pyridine rings is 1. The highest BCUT2D eigenvalue weighted by atomic mass is 16.3. The number of aliphatic hydroxyl groups is 2. The molecule has 3 nitrogen and oxygen atoms in total. The Hall–Kier alpha value is -0.930. The molecule has 0 amide bonds. The average molecular weight is 165 g/mol. The van der Waals surface area contributed by atoms with E-state index < -0.39 is 12.2 Å². The van der Waals surface area contributed by atoms with Gasteiger partial charge in [0.1, 0.15) is 6.10 Å². The van der Waals surface area contributed by atoms with Gasteiger partial charge >= 0.3 is 0 Å². The van der Waals surface area contributed by atoms with Crippen LogP contribution in [0.5, 0.6) is 0 Å². The molecule has 0 spiro atoms. The van der Waals surface area contributed by atoms with Crippen LogP contribution < -0.4 is 0 Å². The summed E-state index contributed by atoms with van der Waals surface area (Å²) in [5.74, 6) is 0. The molecule has 0 unspecified atom stereocenters. The third-order valence-electron chi connectivity index (χ3n) is 2.28. The summed E-state index contributed by atoms with van der Waals surface area (Å²) in [6.45, 7) is 0. The van der Waals surface area contributed by atoms with Crippen LogP contribution in [0.25, 0.3) is 0 Å². The maximum absolute atomic E-state index is 9.52. The van der Waals surface area contributed by atoms with E-state index in [4.69, 9.17) is 0 Å². The summed E-state index contributed by atoms with van der Waals surface area (Å²) in [5.41, 5.74) is 1.69. The smallest absolute Gasteiger partial charge is 0.122 e. The summed E-state index contributed by atoms with van der Waals surface area (Å²) in [7, 11) is 0. The zero-order valence-electron chi connectivity index (χ0n) is 6.64. The molecule has 1 aromatic heterocycles.